The van der Waals surface area contributed by atoms with Gasteiger partial charge in [0.05, 0.1) is 34.1 Å². The molecule has 140 valence electrons. The van der Waals surface area contributed by atoms with Gasteiger partial charge >= 0.3 is 6.03 Å². The molecule has 0 unspecified atom stereocenters. The number of ether oxygens (including phenoxy) is 4. The van der Waals surface area contributed by atoms with Crippen LogP contribution < -0.4 is 29.6 Å². The fourth-order valence-electron chi connectivity index (χ4n) is 2.43. The van der Waals surface area contributed by atoms with Crippen LogP contribution in [0.15, 0.2) is 36.4 Å². The van der Waals surface area contributed by atoms with E-state index in [2.05, 4.69) is 10.6 Å². The Morgan fingerprint density at radius 3 is 2.19 bits per heavy atom. The summed E-state index contributed by atoms with van der Waals surface area (Å²) in [7, 11) is 6.29. The predicted octanol–water partition coefficient (Wildman–Crippen LogP) is 3.09. The molecule has 0 radical (unpaired) electrons. The quantitative estimate of drug-likeness (QED) is 0.756. The fraction of sp³-hybridized carbons (Fsp3) is 0.316. The Morgan fingerprint density at radius 2 is 1.54 bits per heavy atom. The summed E-state index contributed by atoms with van der Waals surface area (Å²) >= 11 is 0. The topological polar surface area (TPSA) is 78.1 Å². The molecule has 0 saturated carbocycles. The lowest BCUT2D eigenvalue weighted by Crippen LogP contribution is -2.30. The van der Waals surface area contributed by atoms with Crippen LogP contribution in [0.1, 0.15) is 5.56 Å². The van der Waals surface area contributed by atoms with Crippen LogP contribution in [0.25, 0.3) is 0 Å². The zero-order valence-electron chi connectivity index (χ0n) is 15.4. The lowest BCUT2D eigenvalue weighted by atomic mass is 10.1. The fourth-order valence-corrected chi connectivity index (χ4v) is 2.43. The van der Waals surface area contributed by atoms with E-state index in [1.165, 1.54) is 0 Å². The molecule has 0 atom stereocenters. The minimum atomic E-state index is -0.322. The highest BCUT2D eigenvalue weighted by Gasteiger charge is 2.09. The van der Waals surface area contributed by atoms with Crippen molar-refractivity contribution in [3.8, 4) is 23.0 Å². The average Bonchev–Trinajstić information content (AvgIpc) is 2.67. The van der Waals surface area contributed by atoms with Gasteiger partial charge in [-0.15, -0.1) is 0 Å². The monoisotopic (exact) mass is 360 g/mol. The molecule has 0 spiro atoms. The molecule has 7 heteroatoms. The molecule has 0 aliphatic heterocycles. The molecule has 26 heavy (non-hydrogen) atoms. The number of nitrogens with one attached hydrogen (secondary N) is 2. The maximum Gasteiger partial charge on any atom is 0.319 e. The Balaban J connectivity index is 1.91. The van der Waals surface area contributed by atoms with Crippen LogP contribution in [-0.4, -0.2) is 41.0 Å². The maximum absolute atomic E-state index is 12.1. The van der Waals surface area contributed by atoms with Crippen LogP contribution in [-0.2, 0) is 6.42 Å². The van der Waals surface area contributed by atoms with E-state index in [9.17, 15) is 4.79 Å². The van der Waals surface area contributed by atoms with E-state index in [0.717, 1.165) is 5.56 Å². The van der Waals surface area contributed by atoms with Gasteiger partial charge in [0.15, 0.2) is 11.5 Å². The standard InChI is InChI=1S/C19H24N2O5/c1-23-14-6-8-16(24-2)15(12-14)21-19(22)20-10-9-13-5-7-17(25-3)18(11-13)26-4/h5-8,11-12H,9-10H2,1-4H3,(H2,20,21,22). The zero-order valence-corrected chi connectivity index (χ0v) is 15.4. The lowest BCUT2D eigenvalue weighted by molar-refractivity contribution is 0.252. The largest absolute Gasteiger partial charge is 0.497 e. The van der Waals surface area contributed by atoms with Gasteiger partial charge in [-0.3, -0.25) is 0 Å². The van der Waals surface area contributed by atoms with Crippen molar-refractivity contribution in [1.82, 2.24) is 5.32 Å². The Labute approximate surface area is 153 Å². The number of anilines is 1. The van der Waals surface area contributed by atoms with Gasteiger partial charge in [0.1, 0.15) is 11.5 Å². The minimum absolute atomic E-state index is 0.322. The molecule has 2 N–H and O–H groups in total. The van der Waals surface area contributed by atoms with Crippen LogP contribution in [0, 0.1) is 0 Å². The molecule has 0 bridgehead atoms. The summed E-state index contributed by atoms with van der Waals surface area (Å²) in [6.07, 6.45) is 0.656. The molecule has 2 rings (SSSR count). The van der Waals surface area contributed by atoms with Crippen molar-refractivity contribution in [2.75, 3.05) is 40.3 Å². The molecule has 2 aromatic rings. The number of amides is 2. The van der Waals surface area contributed by atoms with Crippen LogP contribution in [0.5, 0.6) is 23.0 Å². The van der Waals surface area contributed by atoms with Gasteiger partial charge in [-0.05, 0) is 36.2 Å². The molecule has 2 amide bonds. The zero-order chi connectivity index (χ0) is 18.9. The molecule has 0 aliphatic rings. The summed E-state index contributed by atoms with van der Waals surface area (Å²) in [5.41, 5.74) is 1.57. The van der Waals surface area contributed by atoms with Crippen molar-refractivity contribution >= 4 is 11.7 Å². The van der Waals surface area contributed by atoms with E-state index in [0.29, 0.717) is 41.7 Å². The van der Waals surface area contributed by atoms with Gasteiger partial charge in [0, 0.05) is 12.6 Å². The molecule has 7 nitrogen and oxygen atoms in total. The van der Waals surface area contributed by atoms with Crippen molar-refractivity contribution in [3.05, 3.63) is 42.0 Å². The Hall–Kier alpha value is -3.09. The van der Waals surface area contributed by atoms with Crippen LogP contribution in [0.2, 0.25) is 0 Å². The second-order valence-corrected chi connectivity index (χ2v) is 5.39. The van der Waals surface area contributed by atoms with Crippen LogP contribution in [0.4, 0.5) is 10.5 Å². The third-order valence-electron chi connectivity index (χ3n) is 3.80. The van der Waals surface area contributed by atoms with E-state index < -0.39 is 0 Å². The number of carbonyl (C=O) groups excluding carboxylic acids is 1. The molecule has 0 aromatic heterocycles. The number of rotatable bonds is 8. The summed E-state index contributed by atoms with van der Waals surface area (Å²) in [5.74, 6) is 2.52. The summed E-state index contributed by atoms with van der Waals surface area (Å²) in [4.78, 5) is 12.1. The molecule has 2 aromatic carbocycles. The molecule has 0 fully saturated rings. The van der Waals surface area contributed by atoms with Gasteiger partial charge in [-0.25, -0.2) is 4.79 Å². The number of urea groups is 1. The number of methoxy groups -OCH3 is 4. The third kappa shape index (κ3) is 4.95. The number of benzene rings is 2. The van der Waals surface area contributed by atoms with Gasteiger partial charge < -0.3 is 29.6 Å². The lowest BCUT2D eigenvalue weighted by Gasteiger charge is -2.13. The van der Waals surface area contributed by atoms with Crippen molar-refractivity contribution in [1.29, 1.82) is 0 Å². The second-order valence-electron chi connectivity index (χ2n) is 5.39. The van der Waals surface area contributed by atoms with Crippen molar-refractivity contribution in [3.63, 3.8) is 0 Å². The van der Waals surface area contributed by atoms with E-state index in [1.54, 1.807) is 46.6 Å². The van der Waals surface area contributed by atoms with Gasteiger partial charge in [-0.1, -0.05) is 6.07 Å². The number of hydrogen-bond donors (Lipinski definition) is 2. The molecule has 0 aliphatic carbocycles. The Kier molecular flexibility index (Phi) is 6.96. The summed E-state index contributed by atoms with van der Waals surface area (Å²) < 4.78 is 20.9. The maximum atomic E-state index is 12.1. The number of carbonyl (C=O) groups is 1. The first-order chi connectivity index (χ1) is 12.6. The smallest absolute Gasteiger partial charge is 0.319 e. The highest BCUT2D eigenvalue weighted by molar-refractivity contribution is 5.91. The highest BCUT2D eigenvalue weighted by Crippen LogP contribution is 2.29. The third-order valence-corrected chi connectivity index (χ3v) is 3.80. The Bertz CT molecular complexity index is 749. The van der Waals surface area contributed by atoms with Crippen LogP contribution in [0.3, 0.4) is 0 Å². The summed E-state index contributed by atoms with van der Waals surface area (Å²) in [6, 6.07) is 10.5. The van der Waals surface area contributed by atoms with Gasteiger partial charge in [0.2, 0.25) is 0 Å². The normalized spacial score (nSPS) is 10.0. The highest BCUT2D eigenvalue weighted by atomic mass is 16.5. The van der Waals surface area contributed by atoms with Gasteiger partial charge in [0.25, 0.3) is 0 Å². The molecular formula is C19H24N2O5. The number of hydrogen-bond acceptors (Lipinski definition) is 5. The first-order valence-electron chi connectivity index (χ1n) is 8.09. The minimum Gasteiger partial charge on any atom is -0.497 e. The van der Waals surface area contributed by atoms with Crippen molar-refractivity contribution in [2.24, 2.45) is 0 Å². The van der Waals surface area contributed by atoms with E-state index in [1.807, 2.05) is 18.2 Å². The predicted molar refractivity (Wildman–Crippen MR) is 99.8 cm³/mol. The first kappa shape index (κ1) is 19.2. The van der Waals surface area contributed by atoms with Crippen LogP contribution >= 0.6 is 0 Å². The second kappa shape index (κ2) is 9.41. The van der Waals surface area contributed by atoms with Crippen molar-refractivity contribution < 1.29 is 23.7 Å². The average molecular weight is 360 g/mol. The molecular weight excluding hydrogens is 336 g/mol. The first-order valence-corrected chi connectivity index (χ1v) is 8.09. The summed E-state index contributed by atoms with van der Waals surface area (Å²) in [6.45, 7) is 0.466. The SMILES string of the molecule is COc1ccc(OC)c(NC(=O)NCCc2ccc(OC)c(OC)c2)c1. The molecule has 0 heterocycles. The van der Waals surface area contributed by atoms with Crippen molar-refractivity contribution in [2.45, 2.75) is 6.42 Å². The van der Waals surface area contributed by atoms with E-state index in [-0.39, 0.29) is 6.03 Å². The Morgan fingerprint density at radius 1 is 0.846 bits per heavy atom. The van der Waals surface area contributed by atoms with Gasteiger partial charge in [-0.2, -0.15) is 0 Å². The van der Waals surface area contributed by atoms with E-state index >= 15 is 0 Å². The van der Waals surface area contributed by atoms with E-state index in [4.69, 9.17) is 18.9 Å². The summed E-state index contributed by atoms with van der Waals surface area (Å²) in [5, 5.41) is 5.58. The molecule has 0 saturated heterocycles.